The zero-order valence-corrected chi connectivity index (χ0v) is 12.9. The second kappa shape index (κ2) is 7.94. The van der Waals surface area contributed by atoms with Crippen LogP contribution in [0.15, 0.2) is 18.2 Å². The second-order valence-electron chi connectivity index (χ2n) is 5.05. The van der Waals surface area contributed by atoms with E-state index in [-0.39, 0.29) is 12.5 Å². The van der Waals surface area contributed by atoms with E-state index in [0.29, 0.717) is 35.0 Å². The summed E-state index contributed by atoms with van der Waals surface area (Å²) in [6, 6.07) is 5.11. The number of carbonyl (C=O) groups excluding carboxylic acids is 1. The number of nitrogens with zero attached hydrogens (tertiary/aromatic N) is 1. The van der Waals surface area contributed by atoms with Crippen molar-refractivity contribution in [2.45, 2.75) is 20.3 Å². The molecular formula is C16H20ClNO2. The van der Waals surface area contributed by atoms with Gasteiger partial charge in [-0.25, -0.2) is 0 Å². The first kappa shape index (κ1) is 16.6. The summed E-state index contributed by atoms with van der Waals surface area (Å²) in [5.41, 5.74) is 1.23. The number of benzene rings is 1. The van der Waals surface area contributed by atoms with Gasteiger partial charge < -0.3 is 10.0 Å². The zero-order chi connectivity index (χ0) is 15.1. The van der Waals surface area contributed by atoms with Crippen LogP contribution in [0.5, 0.6) is 0 Å². The Kier molecular flexibility index (Phi) is 6.57. The number of aliphatic hydroxyl groups is 1. The number of halogens is 1. The van der Waals surface area contributed by atoms with Crippen LogP contribution in [0.25, 0.3) is 0 Å². The third-order valence-electron chi connectivity index (χ3n) is 2.66. The summed E-state index contributed by atoms with van der Waals surface area (Å²) >= 11 is 6.13. The normalized spacial score (nSPS) is 10.1. The Morgan fingerprint density at radius 1 is 1.45 bits per heavy atom. The SMILES string of the molecule is CC(C)CN(C)C(=O)c1ccc(C#CCCO)c(Cl)c1. The summed E-state index contributed by atoms with van der Waals surface area (Å²) in [5.74, 6) is 6.06. The molecule has 0 aliphatic heterocycles. The minimum absolute atomic E-state index is 0.0290. The van der Waals surface area contributed by atoms with E-state index in [0.717, 1.165) is 0 Å². The molecule has 0 radical (unpaired) electrons. The molecule has 0 atom stereocenters. The third kappa shape index (κ3) is 4.88. The molecule has 0 saturated carbocycles. The first-order valence-corrected chi connectivity index (χ1v) is 6.98. The van der Waals surface area contributed by atoms with Gasteiger partial charge in [0.1, 0.15) is 0 Å². The van der Waals surface area contributed by atoms with E-state index >= 15 is 0 Å². The van der Waals surface area contributed by atoms with Gasteiger partial charge >= 0.3 is 0 Å². The molecule has 1 amide bonds. The summed E-state index contributed by atoms with van der Waals surface area (Å²) in [7, 11) is 1.78. The Morgan fingerprint density at radius 2 is 2.15 bits per heavy atom. The van der Waals surface area contributed by atoms with E-state index in [1.54, 1.807) is 30.1 Å². The Labute approximate surface area is 125 Å². The van der Waals surface area contributed by atoms with Gasteiger partial charge in [-0.3, -0.25) is 4.79 Å². The summed E-state index contributed by atoms with van der Waals surface area (Å²) < 4.78 is 0. The lowest BCUT2D eigenvalue weighted by molar-refractivity contribution is 0.0779. The predicted octanol–water partition coefficient (Wildman–Crippen LogP) is 2.80. The van der Waals surface area contributed by atoms with Crippen molar-refractivity contribution in [1.29, 1.82) is 0 Å². The first-order valence-electron chi connectivity index (χ1n) is 6.60. The van der Waals surface area contributed by atoms with Crippen LogP contribution in [0.2, 0.25) is 5.02 Å². The lowest BCUT2D eigenvalue weighted by Gasteiger charge is -2.19. The van der Waals surface area contributed by atoms with Crippen molar-refractivity contribution >= 4 is 17.5 Å². The monoisotopic (exact) mass is 293 g/mol. The Hall–Kier alpha value is -1.50. The molecule has 0 saturated heterocycles. The molecule has 108 valence electrons. The van der Waals surface area contributed by atoms with Crippen molar-refractivity contribution in [2.75, 3.05) is 20.2 Å². The highest BCUT2D eigenvalue weighted by atomic mass is 35.5. The van der Waals surface area contributed by atoms with E-state index < -0.39 is 0 Å². The fourth-order valence-electron chi connectivity index (χ4n) is 1.81. The molecule has 0 fully saturated rings. The van der Waals surface area contributed by atoms with E-state index in [2.05, 4.69) is 25.7 Å². The molecule has 1 aromatic carbocycles. The summed E-state index contributed by atoms with van der Waals surface area (Å²) in [6.07, 6.45) is 0.411. The second-order valence-corrected chi connectivity index (χ2v) is 5.46. The summed E-state index contributed by atoms with van der Waals surface area (Å²) in [5, 5.41) is 9.14. The van der Waals surface area contributed by atoms with Crippen molar-refractivity contribution in [3.05, 3.63) is 34.3 Å². The molecule has 20 heavy (non-hydrogen) atoms. The van der Waals surface area contributed by atoms with E-state index in [9.17, 15) is 4.79 Å². The molecule has 4 heteroatoms. The zero-order valence-electron chi connectivity index (χ0n) is 12.1. The molecule has 0 aliphatic carbocycles. The number of amides is 1. The molecule has 3 nitrogen and oxygen atoms in total. The van der Waals surface area contributed by atoms with Crippen molar-refractivity contribution in [1.82, 2.24) is 4.90 Å². The van der Waals surface area contributed by atoms with Gasteiger partial charge in [-0.2, -0.15) is 0 Å². The number of hydrogen-bond donors (Lipinski definition) is 1. The molecule has 0 unspecified atom stereocenters. The van der Waals surface area contributed by atoms with Gasteiger partial charge in [0.2, 0.25) is 0 Å². The molecule has 1 aromatic rings. The number of rotatable bonds is 4. The fourth-order valence-corrected chi connectivity index (χ4v) is 2.04. The highest BCUT2D eigenvalue weighted by Gasteiger charge is 2.13. The third-order valence-corrected chi connectivity index (χ3v) is 2.97. The summed E-state index contributed by atoms with van der Waals surface area (Å²) in [4.78, 5) is 13.9. The van der Waals surface area contributed by atoms with Crippen LogP contribution >= 0.6 is 11.6 Å². The van der Waals surface area contributed by atoms with Gasteiger partial charge in [-0.15, -0.1) is 0 Å². The molecule has 0 spiro atoms. The maximum absolute atomic E-state index is 12.2. The van der Waals surface area contributed by atoms with Crippen LogP contribution in [0.4, 0.5) is 0 Å². The minimum atomic E-state index is -0.0459. The van der Waals surface area contributed by atoms with E-state index in [1.165, 1.54) is 0 Å². The van der Waals surface area contributed by atoms with Gasteiger partial charge in [-0.1, -0.05) is 37.3 Å². The fraction of sp³-hybridized carbons (Fsp3) is 0.438. The number of carbonyl (C=O) groups is 1. The highest BCUT2D eigenvalue weighted by Crippen LogP contribution is 2.18. The predicted molar refractivity (Wildman–Crippen MR) is 81.8 cm³/mol. The molecular weight excluding hydrogens is 274 g/mol. The van der Waals surface area contributed by atoms with Crippen LogP contribution in [0, 0.1) is 17.8 Å². The van der Waals surface area contributed by atoms with E-state index in [4.69, 9.17) is 16.7 Å². The van der Waals surface area contributed by atoms with Crippen LogP contribution in [-0.4, -0.2) is 36.1 Å². The van der Waals surface area contributed by atoms with Crippen LogP contribution in [0.3, 0.4) is 0 Å². The number of aliphatic hydroxyl groups excluding tert-OH is 1. The van der Waals surface area contributed by atoms with Gasteiger partial charge in [0.25, 0.3) is 5.91 Å². The van der Waals surface area contributed by atoms with Crippen LogP contribution in [0.1, 0.15) is 36.2 Å². The Balaban J connectivity index is 2.87. The maximum Gasteiger partial charge on any atom is 0.253 e. The van der Waals surface area contributed by atoms with Crippen molar-refractivity contribution in [3.8, 4) is 11.8 Å². The van der Waals surface area contributed by atoms with Crippen molar-refractivity contribution in [2.24, 2.45) is 5.92 Å². The van der Waals surface area contributed by atoms with Gasteiger partial charge in [0.05, 0.1) is 11.6 Å². The summed E-state index contributed by atoms with van der Waals surface area (Å²) in [6.45, 7) is 4.86. The minimum Gasteiger partial charge on any atom is -0.395 e. The first-order chi connectivity index (χ1) is 9.45. The Bertz CT molecular complexity index is 529. The van der Waals surface area contributed by atoms with Crippen molar-refractivity contribution < 1.29 is 9.90 Å². The quantitative estimate of drug-likeness (QED) is 0.867. The maximum atomic E-state index is 12.2. The van der Waals surface area contributed by atoms with Gasteiger partial charge in [0, 0.05) is 31.1 Å². The highest BCUT2D eigenvalue weighted by molar-refractivity contribution is 6.32. The van der Waals surface area contributed by atoms with Crippen LogP contribution < -0.4 is 0 Å². The largest absolute Gasteiger partial charge is 0.395 e. The average Bonchev–Trinajstić information content (AvgIpc) is 2.39. The lowest BCUT2D eigenvalue weighted by atomic mass is 10.1. The standard InChI is InChI=1S/C16H20ClNO2/c1-12(2)11-18(3)16(20)14-8-7-13(15(17)10-14)6-4-5-9-19/h7-8,10,12,19H,5,9,11H2,1-3H3. The van der Waals surface area contributed by atoms with Crippen molar-refractivity contribution in [3.63, 3.8) is 0 Å². The van der Waals surface area contributed by atoms with Crippen LogP contribution in [-0.2, 0) is 0 Å². The lowest BCUT2D eigenvalue weighted by Crippen LogP contribution is -2.30. The van der Waals surface area contributed by atoms with Gasteiger partial charge in [0.15, 0.2) is 0 Å². The topological polar surface area (TPSA) is 40.5 Å². The smallest absolute Gasteiger partial charge is 0.253 e. The number of hydrogen-bond acceptors (Lipinski definition) is 2. The molecule has 1 rings (SSSR count). The Morgan fingerprint density at radius 3 is 2.70 bits per heavy atom. The molecule has 0 heterocycles. The molecule has 0 aromatic heterocycles. The molecule has 1 N–H and O–H groups in total. The average molecular weight is 294 g/mol. The van der Waals surface area contributed by atoms with Gasteiger partial charge in [-0.05, 0) is 24.1 Å². The molecule has 0 aliphatic rings. The van der Waals surface area contributed by atoms with E-state index in [1.807, 2.05) is 0 Å². The molecule has 0 bridgehead atoms.